The molecule has 1 N–H and O–H groups in total. The molecule has 0 spiro atoms. The molecule has 7 nitrogen and oxygen atoms in total. The first-order valence-corrected chi connectivity index (χ1v) is 10.8. The van der Waals surface area contributed by atoms with E-state index in [1.165, 1.54) is 12.8 Å². The molecule has 0 aliphatic heterocycles. The van der Waals surface area contributed by atoms with E-state index < -0.39 is 0 Å². The van der Waals surface area contributed by atoms with Crippen LogP contribution in [-0.2, 0) is 0 Å². The quantitative estimate of drug-likeness (QED) is 0.583. The summed E-state index contributed by atoms with van der Waals surface area (Å²) in [5.74, 6) is 1.42. The second kappa shape index (κ2) is 7.38. The topological polar surface area (TPSA) is 88.7 Å². The lowest BCUT2D eigenvalue weighted by atomic mass is 10.0. The van der Waals surface area contributed by atoms with Crippen LogP contribution in [0.4, 0.5) is 11.6 Å². The standard InChI is InChI=1S/C24H26N6O/c1-15-8-18(9-16(2)22(15)31-14-24(13-25)6-7-24)21-17(3)10-26-23(29-21)28-19-11-27-30(12-19)20-4-5-20/h8-12,20H,4-7,14H2,1-3H3,(H,26,28,29). The molecule has 2 aliphatic carbocycles. The second-order valence-corrected chi connectivity index (χ2v) is 8.91. The summed E-state index contributed by atoms with van der Waals surface area (Å²) in [5.41, 5.74) is 5.62. The molecule has 31 heavy (non-hydrogen) atoms. The number of benzene rings is 1. The Morgan fingerprint density at radius 2 is 1.90 bits per heavy atom. The van der Waals surface area contributed by atoms with Gasteiger partial charge in [0.1, 0.15) is 12.4 Å². The molecule has 0 amide bonds. The zero-order valence-corrected chi connectivity index (χ0v) is 18.1. The second-order valence-electron chi connectivity index (χ2n) is 8.91. The van der Waals surface area contributed by atoms with Gasteiger partial charge in [-0.15, -0.1) is 0 Å². The van der Waals surface area contributed by atoms with Crippen LogP contribution >= 0.6 is 0 Å². The Kier molecular flexibility index (Phi) is 4.66. The molecule has 0 radical (unpaired) electrons. The maximum absolute atomic E-state index is 9.30. The molecule has 0 unspecified atom stereocenters. The van der Waals surface area contributed by atoms with E-state index in [2.05, 4.69) is 33.6 Å². The van der Waals surface area contributed by atoms with Crippen molar-refractivity contribution in [2.75, 3.05) is 11.9 Å². The number of ether oxygens (including phenoxy) is 1. The van der Waals surface area contributed by atoms with E-state index in [1.54, 1.807) is 0 Å². The minimum Gasteiger partial charge on any atom is -0.491 e. The zero-order chi connectivity index (χ0) is 21.6. The lowest BCUT2D eigenvalue weighted by molar-refractivity contribution is 0.265. The Bertz CT molecular complexity index is 1160. The summed E-state index contributed by atoms with van der Waals surface area (Å²) in [5, 5.41) is 17.0. The highest BCUT2D eigenvalue weighted by Gasteiger charge is 2.44. The van der Waals surface area contributed by atoms with Gasteiger partial charge in [0.05, 0.1) is 35.1 Å². The third kappa shape index (κ3) is 3.98. The molecule has 2 aliphatic rings. The van der Waals surface area contributed by atoms with Gasteiger partial charge in [0.15, 0.2) is 0 Å². The predicted octanol–water partition coefficient (Wildman–Crippen LogP) is 5.03. The third-order valence-corrected chi connectivity index (χ3v) is 6.07. The molecule has 0 atom stereocenters. The number of anilines is 2. The van der Waals surface area contributed by atoms with Crippen molar-refractivity contribution in [2.45, 2.75) is 52.5 Å². The molecule has 5 rings (SSSR count). The summed E-state index contributed by atoms with van der Waals surface area (Å²) >= 11 is 0. The molecule has 0 saturated heterocycles. The van der Waals surface area contributed by atoms with Crippen molar-refractivity contribution < 1.29 is 4.74 Å². The van der Waals surface area contributed by atoms with Gasteiger partial charge in [-0.1, -0.05) is 0 Å². The van der Waals surface area contributed by atoms with Crippen LogP contribution in [0, 0.1) is 37.5 Å². The molecule has 2 saturated carbocycles. The number of hydrogen-bond donors (Lipinski definition) is 1. The van der Waals surface area contributed by atoms with Crippen LogP contribution in [0.15, 0.2) is 30.7 Å². The summed E-state index contributed by atoms with van der Waals surface area (Å²) in [7, 11) is 0. The molecular weight excluding hydrogens is 388 g/mol. The van der Waals surface area contributed by atoms with Crippen LogP contribution in [0.1, 0.15) is 48.4 Å². The smallest absolute Gasteiger partial charge is 0.227 e. The monoisotopic (exact) mass is 414 g/mol. The van der Waals surface area contributed by atoms with Crippen molar-refractivity contribution in [3.8, 4) is 23.1 Å². The van der Waals surface area contributed by atoms with Crippen molar-refractivity contribution in [1.82, 2.24) is 19.7 Å². The van der Waals surface area contributed by atoms with E-state index >= 15 is 0 Å². The lowest BCUT2D eigenvalue weighted by Gasteiger charge is -2.16. The molecule has 1 aromatic carbocycles. The van der Waals surface area contributed by atoms with Gasteiger partial charge >= 0.3 is 0 Å². The average Bonchev–Trinajstić information content (AvgIpc) is 3.68. The fraction of sp³-hybridized carbons (Fsp3) is 0.417. The molecular formula is C24H26N6O. The number of aryl methyl sites for hydroxylation is 3. The Labute approximate surface area is 182 Å². The van der Waals surface area contributed by atoms with Crippen LogP contribution in [0.2, 0.25) is 0 Å². The molecule has 3 aromatic rings. The number of hydrogen-bond acceptors (Lipinski definition) is 6. The van der Waals surface area contributed by atoms with Gasteiger partial charge in [0.25, 0.3) is 0 Å². The van der Waals surface area contributed by atoms with Gasteiger partial charge in [-0.3, -0.25) is 4.68 Å². The van der Waals surface area contributed by atoms with E-state index in [-0.39, 0.29) is 5.41 Å². The van der Waals surface area contributed by atoms with Gasteiger partial charge < -0.3 is 10.1 Å². The lowest BCUT2D eigenvalue weighted by Crippen LogP contribution is -2.12. The van der Waals surface area contributed by atoms with Crippen LogP contribution in [0.5, 0.6) is 5.75 Å². The SMILES string of the molecule is Cc1cnc(Nc2cnn(C3CC3)c2)nc1-c1cc(C)c(OCC2(C#N)CC2)c(C)c1. The van der Waals surface area contributed by atoms with E-state index in [0.717, 1.165) is 52.2 Å². The normalized spacial score (nSPS) is 16.6. The molecule has 2 heterocycles. The average molecular weight is 415 g/mol. The first kappa shape index (κ1) is 19.6. The number of nitriles is 1. The van der Waals surface area contributed by atoms with Crippen molar-refractivity contribution in [2.24, 2.45) is 5.41 Å². The molecule has 2 aromatic heterocycles. The van der Waals surface area contributed by atoms with Gasteiger partial charge in [-0.05, 0) is 75.3 Å². The highest BCUT2D eigenvalue weighted by atomic mass is 16.5. The molecule has 7 heteroatoms. The van der Waals surface area contributed by atoms with E-state index in [0.29, 0.717) is 18.6 Å². The number of aromatic nitrogens is 4. The van der Waals surface area contributed by atoms with Crippen LogP contribution in [-0.4, -0.2) is 26.4 Å². The van der Waals surface area contributed by atoms with Gasteiger partial charge in [-0.2, -0.15) is 10.4 Å². The molecule has 0 bridgehead atoms. The minimum atomic E-state index is -0.283. The molecule has 2 fully saturated rings. The molecule has 158 valence electrons. The Hall–Kier alpha value is -3.40. The maximum Gasteiger partial charge on any atom is 0.227 e. The van der Waals surface area contributed by atoms with Crippen LogP contribution in [0.25, 0.3) is 11.3 Å². The summed E-state index contributed by atoms with van der Waals surface area (Å²) in [6.45, 7) is 6.56. The van der Waals surface area contributed by atoms with Crippen LogP contribution < -0.4 is 10.1 Å². The first-order chi connectivity index (χ1) is 15.0. The van der Waals surface area contributed by atoms with Crippen molar-refractivity contribution >= 4 is 11.6 Å². The van der Waals surface area contributed by atoms with E-state index in [4.69, 9.17) is 9.72 Å². The number of nitrogens with zero attached hydrogens (tertiary/aromatic N) is 5. The van der Waals surface area contributed by atoms with Gasteiger partial charge in [0.2, 0.25) is 5.95 Å². The zero-order valence-electron chi connectivity index (χ0n) is 18.1. The van der Waals surface area contributed by atoms with Gasteiger partial charge in [0, 0.05) is 18.0 Å². The highest BCUT2D eigenvalue weighted by Crippen LogP contribution is 2.45. The first-order valence-electron chi connectivity index (χ1n) is 10.8. The Morgan fingerprint density at radius 3 is 2.55 bits per heavy atom. The fourth-order valence-electron chi connectivity index (χ4n) is 3.83. The number of rotatable bonds is 7. The Balaban J connectivity index is 1.38. The summed E-state index contributed by atoms with van der Waals surface area (Å²) in [6, 6.07) is 7.12. The summed E-state index contributed by atoms with van der Waals surface area (Å²) in [6.07, 6.45) is 9.91. The highest BCUT2D eigenvalue weighted by molar-refractivity contribution is 5.68. The van der Waals surface area contributed by atoms with E-state index in [1.807, 2.05) is 44.0 Å². The minimum absolute atomic E-state index is 0.283. The number of nitrogens with one attached hydrogen (secondary N) is 1. The van der Waals surface area contributed by atoms with Crippen molar-refractivity contribution in [3.05, 3.63) is 47.4 Å². The van der Waals surface area contributed by atoms with Crippen molar-refractivity contribution in [3.63, 3.8) is 0 Å². The van der Waals surface area contributed by atoms with Crippen molar-refractivity contribution in [1.29, 1.82) is 5.26 Å². The summed E-state index contributed by atoms with van der Waals surface area (Å²) in [4.78, 5) is 9.23. The van der Waals surface area contributed by atoms with Gasteiger partial charge in [-0.25, -0.2) is 9.97 Å². The summed E-state index contributed by atoms with van der Waals surface area (Å²) < 4.78 is 8.06. The maximum atomic E-state index is 9.30. The van der Waals surface area contributed by atoms with E-state index in [9.17, 15) is 5.26 Å². The predicted molar refractivity (Wildman–Crippen MR) is 118 cm³/mol. The Morgan fingerprint density at radius 1 is 1.16 bits per heavy atom. The third-order valence-electron chi connectivity index (χ3n) is 6.07. The largest absolute Gasteiger partial charge is 0.491 e. The van der Waals surface area contributed by atoms with Crippen LogP contribution in [0.3, 0.4) is 0 Å². The fourth-order valence-corrected chi connectivity index (χ4v) is 3.83.